The molecule has 1 rings (SSSR count). The van der Waals surface area contributed by atoms with E-state index in [-0.39, 0.29) is 0 Å². The molecule has 0 aliphatic rings. The first-order valence-electron chi connectivity index (χ1n) is 5.07. The van der Waals surface area contributed by atoms with Crippen molar-refractivity contribution in [2.24, 2.45) is 0 Å². The number of hydrogen-bond acceptors (Lipinski definition) is 5. The lowest BCUT2D eigenvalue weighted by molar-refractivity contribution is -0.150. The van der Waals surface area contributed by atoms with Crippen molar-refractivity contribution in [1.29, 1.82) is 0 Å². The van der Waals surface area contributed by atoms with Crippen molar-refractivity contribution in [2.45, 2.75) is 6.42 Å². The van der Waals surface area contributed by atoms with Crippen LogP contribution >= 0.6 is 0 Å². The molecule has 6 nitrogen and oxygen atoms in total. The molecule has 0 aliphatic heterocycles. The van der Waals surface area contributed by atoms with Crippen molar-refractivity contribution in [2.75, 3.05) is 13.7 Å². The lowest BCUT2D eigenvalue weighted by Gasteiger charge is -2.04. The van der Waals surface area contributed by atoms with E-state index < -0.39 is 30.7 Å². The van der Waals surface area contributed by atoms with Gasteiger partial charge in [0, 0.05) is 5.56 Å². The number of Topliss-reactive ketones (excluding diaryl/α,β-unsaturated/α-hetero) is 1. The molecule has 1 aromatic carbocycles. The number of ether oxygens (including phenoxy) is 2. The van der Waals surface area contributed by atoms with Crippen molar-refractivity contribution in [1.82, 2.24) is 0 Å². The zero-order valence-electron chi connectivity index (χ0n) is 9.71. The maximum atomic E-state index is 11.6. The van der Waals surface area contributed by atoms with Crippen LogP contribution in [0.2, 0.25) is 0 Å². The van der Waals surface area contributed by atoms with Crippen LogP contribution in [0.15, 0.2) is 24.3 Å². The predicted octanol–water partition coefficient (Wildman–Crippen LogP) is 0.896. The Morgan fingerprint density at radius 2 is 1.78 bits per heavy atom. The Kier molecular flexibility index (Phi) is 4.86. The summed E-state index contributed by atoms with van der Waals surface area (Å²) in [5, 5.41) is 8.32. The second kappa shape index (κ2) is 6.39. The molecule has 0 atom stereocenters. The fourth-order valence-electron chi connectivity index (χ4n) is 1.18. The van der Waals surface area contributed by atoms with Crippen LogP contribution in [0.25, 0.3) is 0 Å². The van der Waals surface area contributed by atoms with Gasteiger partial charge in [-0.15, -0.1) is 0 Å². The third kappa shape index (κ3) is 4.25. The molecule has 96 valence electrons. The van der Waals surface area contributed by atoms with Crippen LogP contribution in [0.3, 0.4) is 0 Å². The monoisotopic (exact) mass is 252 g/mol. The summed E-state index contributed by atoms with van der Waals surface area (Å²) in [6.45, 7) is -0.474. The number of carbonyl (C=O) groups excluding carboxylic acids is 2. The largest absolute Gasteiger partial charge is 0.497 e. The van der Waals surface area contributed by atoms with Crippen molar-refractivity contribution in [3.63, 3.8) is 0 Å². The number of aliphatic carboxylic acids is 1. The molecule has 0 amide bonds. The Morgan fingerprint density at radius 3 is 2.28 bits per heavy atom. The lowest BCUT2D eigenvalue weighted by Crippen LogP contribution is -2.16. The van der Waals surface area contributed by atoms with E-state index in [1.807, 2.05) is 0 Å². The SMILES string of the molecule is COc1ccc(C(=O)COC(=O)CC(=O)O)cc1. The Balaban J connectivity index is 2.49. The number of benzene rings is 1. The summed E-state index contributed by atoms with van der Waals surface area (Å²) in [6.07, 6.45) is -0.754. The van der Waals surface area contributed by atoms with E-state index in [4.69, 9.17) is 9.84 Å². The number of carboxylic acid groups (broad SMARTS) is 1. The van der Waals surface area contributed by atoms with E-state index in [0.29, 0.717) is 11.3 Å². The molecule has 0 saturated heterocycles. The summed E-state index contributed by atoms with van der Waals surface area (Å²) >= 11 is 0. The summed E-state index contributed by atoms with van der Waals surface area (Å²) in [4.78, 5) is 32.7. The van der Waals surface area contributed by atoms with Crippen molar-refractivity contribution < 1.29 is 29.0 Å². The molecule has 0 aromatic heterocycles. The van der Waals surface area contributed by atoms with Gasteiger partial charge in [-0.3, -0.25) is 14.4 Å². The molecule has 0 unspecified atom stereocenters. The fourth-order valence-corrected chi connectivity index (χ4v) is 1.18. The highest BCUT2D eigenvalue weighted by Crippen LogP contribution is 2.11. The molecule has 0 saturated carbocycles. The maximum Gasteiger partial charge on any atom is 0.317 e. The predicted molar refractivity (Wildman–Crippen MR) is 60.5 cm³/mol. The third-order valence-electron chi connectivity index (χ3n) is 2.07. The Bertz CT molecular complexity index is 448. The fraction of sp³-hybridized carbons (Fsp3) is 0.250. The van der Waals surface area contributed by atoms with Crippen LogP contribution in [0.1, 0.15) is 16.8 Å². The van der Waals surface area contributed by atoms with Crippen molar-refractivity contribution in [3.05, 3.63) is 29.8 Å². The summed E-state index contributed by atoms with van der Waals surface area (Å²) in [5.74, 6) is -2.04. The molecule has 18 heavy (non-hydrogen) atoms. The van der Waals surface area contributed by atoms with Crippen LogP contribution in [-0.4, -0.2) is 36.5 Å². The average molecular weight is 252 g/mol. The summed E-state index contributed by atoms with van der Waals surface area (Å²) < 4.78 is 9.45. The smallest absolute Gasteiger partial charge is 0.317 e. The van der Waals surface area contributed by atoms with Gasteiger partial charge < -0.3 is 14.6 Å². The molecule has 0 radical (unpaired) electrons. The van der Waals surface area contributed by atoms with Gasteiger partial charge in [0.05, 0.1) is 7.11 Å². The quantitative estimate of drug-likeness (QED) is 0.459. The maximum absolute atomic E-state index is 11.6. The number of carboxylic acids is 1. The van der Waals surface area contributed by atoms with Gasteiger partial charge in [-0.25, -0.2) is 0 Å². The average Bonchev–Trinajstić information content (AvgIpc) is 2.35. The summed E-state index contributed by atoms with van der Waals surface area (Å²) in [5.41, 5.74) is 0.360. The van der Waals surface area contributed by atoms with Gasteiger partial charge in [-0.1, -0.05) is 0 Å². The van der Waals surface area contributed by atoms with Crippen molar-refractivity contribution >= 4 is 17.7 Å². The molecule has 0 fully saturated rings. The van der Waals surface area contributed by atoms with Gasteiger partial charge in [0.2, 0.25) is 0 Å². The van der Waals surface area contributed by atoms with Gasteiger partial charge in [0.1, 0.15) is 12.2 Å². The van der Waals surface area contributed by atoms with Crippen LogP contribution in [0, 0.1) is 0 Å². The first-order valence-corrected chi connectivity index (χ1v) is 5.07. The molecule has 0 spiro atoms. The normalized spacial score (nSPS) is 9.61. The topological polar surface area (TPSA) is 89.9 Å². The van der Waals surface area contributed by atoms with E-state index in [0.717, 1.165) is 0 Å². The highest BCUT2D eigenvalue weighted by atomic mass is 16.5. The van der Waals surface area contributed by atoms with Gasteiger partial charge >= 0.3 is 11.9 Å². The molecule has 0 aliphatic carbocycles. The number of esters is 1. The highest BCUT2D eigenvalue weighted by molar-refractivity contribution is 5.99. The van der Waals surface area contributed by atoms with Gasteiger partial charge in [-0.05, 0) is 24.3 Å². The number of rotatable bonds is 6. The zero-order chi connectivity index (χ0) is 13.5. The summed E-state index contributed by atoms with van der Waals surface area (Å²) in [6, 6.07) is 6.27. The van der Waals surface area contributed by atoms with E-state index in [1.165, 1.54) is 19.2 Å². The number of hydrogen-bond donors (Lipinski definition) is 1. The Morgan fingerprint density at radius 1 is 1.17 bits per heavy atom. The second-order valence-corrected chi connectivity index (χ2v) is 3.38. The summed E-state index contributed by atoms with van der Waals surface area (Å²) in [7, 11) is 1.50. The van der Waals surface area contributed by atoms with Gasteiger partial charge in [0.25, 0.3) is 0 Å². The van der Waals surface area contributed by atoms with Crippen molar-refractivity contribution in [3.8, 4) is 5.75 Å². The van der Waals surface area contributed by atoms with Crippen LogP contribution in [-0.2, 0) is 14.3 Å². The first-order chi connectivity index (χ1) is 8.52. The van der Waals surface area contributed by atoms with E-state index in [9.17, 15) is 14.4 Å². The number of ketones is 1. The third-order valence-corrected chi connectivity index (χ3v) is 2.07. The minimum Gasteiger partial charge on any atom is -0.497 e. The van der Waals surface area contributed by atoms with Gasteiger partial charge in [-0.2, -0.15) is 0 Å². The van der Waals surface area contributed by atoms with Crippen LogP contribution in [0.4, 0.5) is 0 Å². The van der Waals surface area contributed by atoms with E-state index >= 15 is 0 Å². The van der Waals surface area contributed by atoms with Crippen LogP contribution in [0.5, 0.6) is 5.75 Å². The van der Waals surface area contributed by atoms with E-state index in [1.54, 1.807) is 12.1 Å². The second-order valence-electron chi connectivity index (χ2n) is 3.38. The first kappa shape index (κ1) is 13.7. The molecule has 1 aromatic rings. The minimum atomic E-state index is -1.29. The molecule has 1 N–H and O–H groups in total. The Hall–Kier alpha value is -2.37. The molecule has 6 heteroatoms. The minimum absolute atomic E-state index is 0.360. The van der Waals surface area contributed by atoms with E-state index in [2.05, 4.69) is 4.74 Å². The Labute approximate surface area is 103 Å². The molecule has 0 bridgehead atoms. The molecular formula is C12H12O6. The van der Waals surface area contributed by atoms with Crippen LogP contribution < -0.4 is 4.74 Å². The standard InChI is InChI=1S/C12H12O6/c1-17-9-4-2-8(3-5-9)10(13)7-18-12(16)6-11(14)15/h2-5H,6-7H2,1H3,(H,14,15). The zero-order valence-corrected chi connectivity index (χ0v) is 9.71. The number of carbonyl (C=O) groups is 3. The highest BCUT2D eigenvalue weighted by Gasteiger charge is 2.12. The lowest BCUT2D eigenvalue weighted by atomic mass is 10.1. The number of methoxy groups -OCH3 is 1. The molecular weight excluding hydrogens is 240 g/mol. The van der Waals surface area contributed by atoms with Gasteiger partial charge in [0.15, 0.2) is 12.4 Å². The molecule has 0 heterocycles.